The van der Waals surface area contributed by atoms with Crippen molar-refractivity contribution in [3.8, 4) is 0 Å². The Balaban J connectivity index is 2.34. The van der Waals surface area contributed by atoms with E-state index in [4.69, 9.17) is 0 Å². The minimum absolute atomic E-state index is 0.364. The van der Waals surface area contributed by atoms with Gasteiger partial charge in [0.15, 0.2) is 5.16 Å². The van der Waals surface area contributed by atoms with Gasteiger partial charge in [0.25, 0.3) is 0 Å². The van der Waals surface area contributed by atoms with Gasteiger partial charge < -0.3 is 5.32 Å². The monoisotopic (exact) mass is 308 g/mol. The van der Waals surface area contributed by atoms with Crippen LogP contribution in [-0.4, -0.2) is 31.3 Å². The van der Waals surface area contributed by atoms with Crippen LogP contribution >= 0.6 is 11.8 Å². The van der Waals surface area contributed by atoms with Crippen LogP contribution in [0.4, 0.5) is 5.82 Å². The molecule has 21 heavy (non-hydrogen) atoms. The van der Waals surface area contributed by atoms with Crippen molar-refractivity contribution < 1.29 is 0 Å². The van der Waals surface area contributed by atoms with Gasteiger partial charge in [0.1, 0.15) is 17.2 Å². The maximum absolute atomic E-state index is 11.3. The summed E-state index contributed by atoms with van der Waals surface area (Å²) >= 11 is 1.20. The number of aromatic nitrogens is 5. The molecule has 2 aromatic heterocycles. The molecule has 112 valence electrons. The SMILES string of the molecule is CCCNc1ncnc(Sc2nc(=O)c(=O)[nH]n2C)c1C. The molecule has 0 aliphatic carbocycles. The summed E-state index contributed by atoms with van der Waals surface area (Å²) in [4.78, 5) is 34.7. The van der Waals surface area contributed by atoms with E-state index < -0.39 is 11.1 Å². The van der Waals surface area contributed by atoms with E-state index >= 15 is 0 Å². The highest BCUT2D eigenvalue weighted by molar-refractivity contribution is 7.99. The van der Waals surface area contributed by atoms with Gasteiger partial charge in [-0.15, -0.1) is 0 Å². The molecule has 0 saturated heterocycles. The van der Waals surface area contributed by atoms with E-state index in [9.17, 15) is 9.59 Å². The molecule has 8 nitrogen and oxygen atoms in total. The zero-order valence-electron chi connectivity index (χ0n) is 12.0. The van der Waals surface area contributed by atoms with Crippen molar-refractivity contribution in [2.45, 2.75) is 30.5 Å². The lowest BCUT2D eigenvalue weighted by Crippen LogP contribution is -2.33. The number of nitrogens with one attached hydrogen (secondary N) is 2. The van der Waals surface area contributed by atoms with Crippen molar-refractivity contribution in [2.75, 3.05) is 11.9 Å². The molecule has 0 saturated carbocycles. The molecule has 2 aromatic rings. The summed E-state index contributed by atoms with van der Waals surface area (Å²) in [5, 5.41) is 6.66. The molecule has 0 aromatic carbocycles. The van der Waals surface area contributed by atoms with Crippen LogP contribution in [-0.2, 0) is 7.05 Å². The van der Waals surface area contributed by atoms with Crippen molar-refractivity contribution >= 4 is 17.6 Å². The third-order valence-electron chi connectivity index (χ3n) is 2.72. The molecule has 9 heteroatoms. The van der Waals surface area contributed by atoms with Gasteiger partial charge in [-0.3, -0.25) is 19.4 Å². The van der Waals surface area contributed by atoms with Gasteiger partial charge in [-0.25, -0.2) is 9.97 Å². The third kappa shape index (κ3) is 3.48. The van der Waals surface area contributed by atoms with Crippen LogP contribution in [0, 0.1) is 6.92 Å². The van der Waals surface area contributed by atoms with Crippen LogP contribution in [0.5, 0.6) is 0 Å². The Labute approximate surface area is 125 Å². The van der Waals surface area contributed by atoms with Crippen LogP contribution in [0.3, 0.4) is 0 Å². The quantitative estimate of drug-likeness (QED) is 0.613. The lowest BCUT2D eigenvalue weighted by Gasteiger charge is -2.11. The summed E-state index contributed by atoms with van der Waals surface area (Å²) < 4.78 is 1.40. The predicted octanol–water partition coefficient (Wildman–Crippen LogP) is 0.540. The highest BCUT2D eigenvalue weighted by Crippen LogP contribution is 2.28. The number of rotatable bonds is 5. The van der Waals surface area contributed by atoms with Gasteiger partial charge >= 0.3 is 11.1 Å². The molecular weight excluding hydrogens is 292 g/mol. The van der Waals surface area contributed by atoms with Gasteiger partial charge in [-0.2, -0.15) is 4.98 Å². The summed E-state index contributed by atoms with van der Waals surface area (Å²) in [6.45, 7) is 4.78. The predicted molar refractivity (Wildman–Crippen MR) is 79.8 cm³/mol. The maximum atomic E-state index is 11.3. The van der Waals surface area contributed by atoms with E-state index in [1.807, 2.05) is 6.92 Å². The molecule has 0 amide bonds. The Morgan fingerprint density at radius 3 is 2.86 bits per heavy atom. The number of hydrogen-bond donors (Lipinski definition) is 2. The van der Waals surface area contributed by atoms with Crippen LogP contribution < -0.4 is 16.4 Å². The van der Waals surface area contributed by atoms with E-state index in [0.717, 1.165) is 24.3 Å². The Morgan fingerprint density at radius 1 is 1.38 bits per heavy atom. The van der Waals surface area contributed by atoms with E-state index in [2.05, 4.69) is 32.3 Å². The molecule has 2 heterocycles. The molecule has 0 radical (unpaired) electrons. The van der Waals surface area contributed by atoms with Gasteiger partial charge in [0.05, 0.1) is 0 Å². The zero-order valence-corrected chi connectivity index (χ0v) is 12.8. The van der Waals surface area contributed by atoms with E-state index in [1.165, 1.54) is 22.8 Å². The molecular formula is C12H16N6O2S. The number of nitrogens with zero attached hydrogens (tertiary/aromatic N) is 4. The fourth-order valence-electron chi connectivity index (χ4n) is 1.60. The molecule has 0 fully saturated rings. The fourth-order valence-corrected chi connectivity index (χ4v) is 2.43. The summed E-state index contributed by atoms with van der Waals surface area (Å²) in [7, 11) is 1.61. The van der Waals surface area contributed by atoms with Crippen LogP contribution in [0.1, 0.15) is 18.9 Å². The van der Waals surface area contributed by atoms with E-state index in [1.54, 1.807) is 7.05 Å². The van der Waals surface area contributed by atoms with Crippen molar-refractivity contribution in [1.29, 1.82) is 0 Å². The first-order valence-electron chi connectivity index (χ1n) is 6.43. The zero-order chi connectivity index (χ0) is 15.4. The molecule has 0 atom stereocenters. The second-order valence-corrected chi connectivity index (χ2v) is 5.34. The first-order chi connectivity index (χ1) is 10.0. The van der Waals surface area contributed by atoms with E-state index in [0.29, 0.717) is 10.2 Å². The van der Waals surface area contributed by atoms with Crippen molar-refractivity contribution in [2.24, 2.45) is 7.05 Å². The van der Waals surface area contributed by atoms with Gasteiger partial charge in [-0.1, -0.05) is 6.92 Å². The molecule has 0 unspecified atom stereocenters. The first kappa shape index (κ1) is 15.2. The number of H-pyrrole nitrogens is 1. The van der Waals surface area contributed by atoms with Gasteiger partial charge in [0, 0.05) is 19.2 Å². The molecule has 2 rings (SSSR count). The Hall–Kier alpha value is -2.16. The topological polar surface area (TPSA) is 106 Å². The minimum Gasteiger partial charge on any atom is -0.370 e. The molecule has 0 aliphatic heterocycles. The number of anilines is 1. The van der Waals surface area contributed by atoms with Crippen LogP contribution in [0.2, 0.25) is 0 Å². The fraction of sp³-hybridized carbons (Fsp3) is 0.417. The van der Waals surface area contributed by atoms with E-state index in [-0.39, 0.29) is 0 Å². The van der Waals surface area contributed by atoms with Gasteiger partial charge in [0.2, 0.25) is 0 Å². The summed E-state index contributed by atoms with van der Waals surface area (Å²) in [5.41, 5.74) is -0.686. The highest BCUT2D eigenvalue weighted by Gasteiger charge is 2.12. The standard InChI is InChI=1S/C12H16N6O2S/c1-4-5-13-8-7(2)11(15-6-14-8)21-12-16-9(19)10(20)17-18(12)3/h6H,4-5H2,1-3H3,(H,17,20)(H,13,14,15). The Morgan fingerprint density at radius 2 is 2.14 bits per heavy atom. The maximum Gasteiger partial charge on any atom is 0.339 e. The number of aryl methyl sites for hydroxylation is 1. The van der Waals surface area contributed by atoms with Crippen molar-refractivity contribution in [3.05, 3.63) is 32.6 Å². The van der Waals surface area contributed by atoms with Crippen molar-refractivity contribution in [1.82, 2.24) is 24.7 Å². The first-order valence-corrected chi connectivity index (χ1v) is 7.25. The molecule has 2 N–H and O–H groups in total. The highest BCUT2D eigenvalue weighted by atomic mass is 32.2. The average Bonchev–Trinajstić information content (AvgIpc) is 2.45. The summed E-state index contributed by atoms with van der Waals surface area (Å²) in [6, 6.07) is 0. The molecule has 0 aliphatic rings. The van der Waals surface area contributed by atoms with Crippen LogP contribution in [0.25, 0.3) is 0 Å². The van der Waals surface area contributed by atoms with Gasteiger partial charge in [-0.05, 0) is 25.1 Å². The lowest BCUT2D eigenvalue weighted by molar-refractivity contribution is 0.596. The Bertz CT molecular complexity index is 754. The summed E-state index contributed by atoms with van der Waals surface area (Å²) in [6.07, 6.45) is 2.44. The number of aromatic amines is 1. The minimum atomic E-state index is -0.813. The second-order valence-electron chi connectivity index (χ2n) is 4.38. The largest absolute Gasteiger partial charge is 0.370 e. The normalized spacial score (nSPS) is 10.6. The smallest absolute Gasteiger partial charge is 0.339 e. The molecule has 0 bridgehead atoms. The van der Waals surface area contributed by atoms with Crippen molar-refractivity contribution in [3.63, 3.8) is 0 Å². The average molecular weight is 308 g/mol. The number of hydrogen-bond acceptors (Lipinski definition) is 7. The lowest BCUT2D eigenvalue weighted by atomic mass is 10.3. The second kappa shape index (κ2) is 6.53. The van der Waals surface area contributed by atoms with Crippen LogP contribution in [0.15, 0.2) is 26.1 Å². The third-order valence-corrected chi connectivity index (χ3v) is 3.87. The Kier molecular flexibility index (Phi) is 4.73. The molecule has 0 spiro atoms. The summed E-state index contributed by atoms with van der Waals surface area (Å²) in [5.74, 6) is 0.753.